The molecule has 1 fully saturated rings. The van der Waals surface area contributed by atoms with Crippen molar-refractivity contribution in [1.29, 1.82) is 0 Å². The quantitative estimate of drug-likeness (QED) is 0.206. The van der Waals surface area contributed by atoms with Crippen molar-refractivity contribution in [2.75, 3.05) is 4.90 Å². The number of non-ortho nitro benzene ring substituents is 1. The van der Waals surface area contributed by atoms with Gasteiger partial charge in [-0.1, -0.05) is 22.0 Å². The van der Waals surface area contributed by atoms with Crippen LogP contribution in [0.4, 0.5) is 11.4 Å². The first-order valence-corrected chi connectivity index (χ1v) is 11.4. The van der Waals surface area contributed by atoms with Gasteiger partial charge in [0.25, 0.3) is 5.69 Å². The van der Waals surface area contributed by atoms with E-state index in [9.17, 15) is 10.1 Å². The first kappa shape index (κ1) is 21.3. The fourth-order valence-corrected chi connectivity index (χ4v) is 4.75. The molecule has 1 saturated heterocycles. The molecular weight excluding hydrogens is 502 g/mol. The molecule has 0 bridgehead atoms. The Kier molecular flexibility index (Phi) is 5.65. The monoisotopic (exact) mass is 519 g/mol. The first-order chi connectivity index (χ1) is 16.0. The Morgan fingerprint density at radius 1 is 0.970 bits per heavy atom. The van der Waals surface area contributed by atoms with Gasteiger partial charge in [-0.05, 0) is 72.9 Å². The van der Waals surface area contributed by atoms with E-state index in [4.69, 9.17) is 12.2 Å². The van der Waals surface area contributed by atoms with E-state index in [1.807, 2.05) is 65.4 Å². The van der Waals surface area contributed by atoms with Gasteiger partial charge in [0.2, 0.25) is 0 Å². The number of aromatic nitrogens is 2. The average molecular weight is 520 g/mol. The number of halogens is 1. The van der Waals surface area contributed by atoms with Gasteiger partial charge >= 0.3 is 0 Å². The van der Waals surface area contributed by atoms with E-state index in [0.717, 1.165) is 27.2 Å². The minimum absolute atomic E-state index is 0.0546. The molecule has 0 spiro atoms. The number of benzene rings is 2. The maximum atomic E-state index is 11.1. The summed E-state index contributed by atoms with van der Waals surface area (Å²) in [5.41, 5.74) is 3.69. The van der Waals surface area contributed by atoms with Crippen LogP contribution in [-0.4, -0.2) is 19.6 Å². The van der Waals surface area contributed by atoms with Crippen molar-refractivity contribution in [3.8, 4) is 5.69 Å². The van der Waals surface area contributed by atoms with Crippen molar-refractivity contribution in [2.45, 2.75) is 12.1 Å². The topological polar surface area (TPSA) is 76.2 Å². The van der Waals surface area contributed by atoms with E-state index in [0.29, 0.717) is 5.11 Å². The van der Waals surface area contributed by atoms with Crippen LogP contribution in [-0.2, 0) is 0 Å². The van der Waals surface area contributed by atoms with Crippen LogP contribution in [0.2, 0.25) is 0 Å². The Bertz CT molecular complexity index is 1310. The van der Waals surface area contributed by atoms with Crippen molar-refractivity contribution in [1.82, 2.24) is 14.9 Å². The zero-order valence-electron chi connectivity index (χ0n) is 17.2. The number of hydrogen-bond donors (Lipinski definition) is 1. The van der Waals surface area contributed by atoms with Crippen LogP contribution in [0.3, 0.4) is 0 Å². The highest BCUT2D eigenvalue weighted by molar-refractivity contribution is 9.10. The van der Waals surface area contributed by atoms with Crippen LogP contribution in [0.25, 0.3) is 5.69 Å². The fraction of sp³-hybridized carbons (Fsp3) is 0.0833. The predicted molar refractivity (Wildman–Crippen MR) is 134 cm³/mol. The first-order valence-electron chi connectivity index (χ1n) is 10.2. The molecule has 0 saturated carbocycles. The second kappa shape index (κ2) is 8.76. The molecule has 1 aliphatic rings. The maximum absolute atomic E-state index is 11.1. The summed E-state index contributed by atoms with van der Waals surface area (Å²) in [6.45, 7) is 0. The SMILES string of the molecule is O=[N+]([O-])c1ccc(-n2cccc2[C@H]2[C@H](c3ccccn3)NC(=S)N2c2ccc(Br)cc2)cc1. The summed E-state index contributed by atoms with van der Waals surface area (Å²) in [7, 11) is 0. The normalized spacial score (nSPS) is 17.7. The summed E-state index contributed by atoms with van der Waals surface area (Å²) in [4.78, 5) is 17.4. The number of nitro groups is 1. The Labute approximate surface area is 204 Å². The minimum atomic E-state index is -0.397. The number of rotatable bonds is 5. The third-order valence-corrected chi connectivity index (χ3v) is 6.47. The molecule has 1 aliphatic heterocycles. The van der Waals surface area contributed by atoms with Gasteiger partial charge < -0.3 is 14.8 Å². The third kappa shape index (κ3) is 4.01. The van der Waals surface area contributed by atoms with Crippen molar-refractivity contribution in [2.24, 2.45) is 0 Å². The molecule has 0 amide bonds. The Morgan fingerprint density at radius 3 is 2.36 bits per heavy atom. The molecule has 2 aromatic heterocycles. The van der Waals surface area contributed by atoms with Crippen molar-refractivity contribution < 1.29 is 4.92 Å². The largest absolute Gasteiger partial charge is 0.351 e. The second-order valence-electron chi connectivity index (χ2n) is 7.55. The van der Waals surface area contributed by atoms with Gasteiger partial charge in [0.05, 0.1) is 16.7 Å². The van der Waals surface area contributed by atoms with Crippen LogP contribution < -0.4 is 10.2 Å². The zero-order chi connectivity index (χ0) is 22.9. The highest BCUT2D eigenvalue weighted by Gasteiger charge is 2.42. The number of nitrogens with zero attached hydrogens (tertiary/aromatic N) is 4. The Morgan fingerprint density at radius 2 is 1.70 bits per heavy atom. The summed E-state index contributed by atoms with van der Waals surface area (Å²) < 4.78 is 3.02. The molecule has 1 N–H and O–H groups in total. The van der Waals surface area contributed by atoms with Gasteiger partial charge in [-0.15, -0.1) is 0 Å². The zero-order valence-corrected chi connectivity index (χ0v) is 19.6. The van der Waals surface area contributed by atoms with E-state index < -0.39 is 4.92 Å². The van der Waals surface area contributed by atoms with Gasteiger partial charge in [0, 0.05) is 46.1 Å². The molecule has 0 unspecified atom stereocenters. The van der Waals surface area contributed by atoms with Crippen molar-refractivity contribution in [3.63, 3.8) is 0 Å². The lowest BCUT2D eigenvalue weighted by atomic mass is 10.0. The van der Waals surface area contributed by atoms with Gasteiger partial charge in [-0.3, -0.25) is 15.1 Å². The Balaban J connectivity index is 1.63. The molecule has 9 heteroatoms. The molecule has 0 radical (unpaired) electrons. The van der Waals surface area contributed by atoms with Gasteiger partial charge in [0.15, 0.2) is 5.11 Å². The number of nitrogens with one attached hydrogen (secondary N) is 1. The van der Waals surface area contributed by atoms with E-state index in [2.05, 4.69) is 31.1 Å². The molecule has 3 heterocycles. The number of anilines is 1. The van der Waals surface area contributed by atoms with E-state index in [1.54, 1.807) is 18.3 Å². The minimum Gasteiger partial charge on any atom is -0.351 e. The molecule has 4 aromatic rings. The molecule has 2 aromatic carbocycles. The van der Waals surface area contributed by atoms with Crippen LogP contribution in [0.15, 0.2) is 95.7 Å². The van der Waals surface area contributed by atoms with Crippen LogP contribution in [0.1, 0.15) is 23.5 Å². The lowest BCUT2D eigenvalue weighted by Gasteiger charge is -2.29. The number of thiocarbonyl (C=S) groups is 1. The van der Waals surface area contributed by atoms with Gasteiger partial charge in [0.1, 0.15) is 6.04 Å². The van der Waals surface area contributed by atoms with Crippen LogP contribution in [0.5, 0.6) is 0 Å². The summed E-state index contributed by atoms with van der Waals surface area (Å²) >= 11 is 9.28. The fourth-order valence-electron chi connectivity index (χ4n) is 4.14. The molecule has 2 atom stereocenters. The van der Waals surface area contributed by atoms with Crippen molar-refractivity contribution >= 4 is 44.6 Å². The third-order valence-electron chi connectivity index (χ3n) is 5.62. The molecule has 7 nitrogen and oxygen atoms in total. The second-order valence-corrected chi connectivity index (χ2v) is 8.85. The molecule has 5 rings (SSSR count). The number of nitro benzene ring substituents is 1. The molecule has 164 valence electrons. The van der Waals surface area contributed by atoms with E-state index in [1.165, 1.54) is 12.1 Å². The summed E-state index contributed by atoms with van der Waals surface area (Å²) in [6, 6.07) is 24.0. The van der Waals surface area contributed by atoms with Gasteiger partial charge in [-0.25, -0.2) is 0 Å². The number of hydrogen-bond acceptors (Lipinski definition) is 4. The van der Waals surface area contributed by atoms with Crippen molar-refractivity contribution in [3.05, 3.63) is 117 Å². The lowest BCUT2D eigenvalue weighted by Crippen LogP contribution is -2.30. The van der Waals surface area contributed by atoms with Crippen LogP contribution in [0, 0.1) is 10.1 Å². The highest BCUT2D eigenvalue weighted by atomic mass is 79.9. The summed E-state index contributed by atoms with van der Waals surface area (Å²) in [6.07, 6.45) is 3.72. The predicted octanol–water partition coefficient (Wildman–Crippen LogP) is 5.72. The average Bonchev–Trinajstić information content (AvgIpc) is 3.44. The maximum Gasteiger partial charge on any atom is 0.269 e. The van der Waals surface area contributed by atoms with Gasteiger partial charge in [-0.2, -0.15) is 0 Å². The summed E-state index contributed by atoms with van der Waals surface area (Å²) in [5, 5.41) is 15.2. The smallest absolute Gasteiger partial charge is 0.269 e. The molecule has 33 heavy (non-hydrogen) atoms. The molecule has 0 aliphatic carbocycles. The van der Waals surface area contributed by atoms with E-state index in [-0.39, 0.29) is 17.8 Å². The summed E-state index contributed by atoms with van der Waals surface area (Å²) in [5.74, 6) is 0. The number of pyridine rings is 1. The Hall–Kier alpha value is -3.56. The highest BCUT2D eigenvalue weighted by Crippen LogP contribution is 2.42. The van der Waals surface area contributed by atoms with Crippen LogP contribution >= 0.6 is 28.1 Å². The standard InChI is InChI=1S/C24H18BrN5O2S/c25-16-6-8-18(9-7-16)29-23(22(27-24(29)33)20-4-1-2-14-26-20)21-5-3-15-28(21)17-10-12-19(13-11-17)30(31)32/h1-15,22-23H,(H,27,33)/t22-,23-/m0/s1. The van der Waals surface area contributed by atoms with E-state index >= 15 is 0 Å². The molecular formula is C24H18BrN5O2S. The lowest BCUT2D eigenvalue weighted by molar-refractivity contribution is -0.384.